The first-order valence-corrected chi connectivity index (χ1v) is 9.36. The highest BCUT2D eigenvalue weighted by Gasteiger charge is 2.94. The molecule has 0 amide bonds. The largest absolute Gasteiger partial charge is 0.457 e. The molecule has 5 atom stereocenters. The molecule has 2 aromatic carbocycles. The minimum atomic E-state index is -1.55. The normalized spacial score (nSPS) is 36.7. The Hall–Kier alpha value is -3.39. The highest BCUT2D eigenvalue weighted by atomic mass is 16.8. The fourth-order valence-electron chi connectivity index (χ4n) is 4.74. The van der Waals surface area contributed by atoms with Crippen LogP contribution in [0.25, 0.3) is 0 Å². The van der Waals surface area contributed by atoms with Crippen LogP contribution in [-0.4, -0.2) is 24.5 Å². The zero-order chi connectivity index (χ0) is 20.3. The quantitative estimate of drug-likeness (QED) is 0.867. The number of rotatable bonds is 3. The number of amidine groups is 1. The van der Waals surface area contributed by atoms with Crippen molar-refractivity contribution in [3.8, 4) is 23.6 Å². The number of ether oxygens (including phenoxy) is 3. The van der Waals surface area contributed by atoms with Gasteiger partial charge in [-0.05, 0) is 36.8 Å². The molecular weight excluding hydrogens is 368 g/mol. The predicted octanol–water partition coefficient (Wildman–Crippen LogP) is 3.06. The van der Waals surface area contributed by atoms with Crippen LogP contribution in [0.2, 0.25) is 0 Å². The van der Waals surface area contributed by atoms with Crippen LogP contribution in [0.3, 0.4) is 0 Å². The van der Waals surface area contributed by atoms with E-state index in [1.807, 2.05) is 61.5 Å². The van der Waals surface area contributed by atoms with E-state index in [4.69, 9.17) is 19.9 Å². The number of hydrogen-bond donors (Lipinski definition) is 1. The van der Waals surface area contributed by atoms with Gasteiger partial charge >= 0.3 is 0 Å². The maximum Gasteiger partial charge on any atom is 0.293 e. The number of para-hydroxylation sites is 1. The van der Waals surface area contributed by atoms with Crippen LogP contribution in [0.15, 0.2) is 59.6 Å². The highest BCUT2D eigenvalue weighted by molar-refractivity contribution is 6.00. The van der Waals surface area contributed by atoms with Crippen molar-refractivity contribution in [2.75, 3.05) is 6.61 Å². The summed E-state index contributed by atoms with van der Waals surface area (Å²) in [6, 6.07) is 21.3. The summed E-state index contributed by atoms with van der Waals surface area (Å²) in [7, 11) is 0. The summed E-state index contributed by atoms with van der Waals surface area (Å²) in [6.07, 6.45) is -0.250. The summed E-state index contributed by atoms with van der Waals surface area (Å²) in [5.41, 5.74) is 4.32. The number of nitrogens with two attached hydrogens (primary N) is 1. The summed E-state index contributed by atoms with van der Waals surface area (Å²) < 4.78 is 17.7. The lowest BCUT2D eigenvalue weighted by molar-refractivity contribution is -0.193. The molecule has 2 aromatic rings. The zero-order valence-corrected chi connectivity index (χ0v) is 15.7. The summed E-state index contributed by atoms with van der Waals surface area (Å²) >= 11 is 0. The maximum absolute atomic E-state index is 10.2. The Bertz CT molecular complexity index is 1110. The number of hydrogen-bond acceptors (Lipinski definition) is 7. The molecule has 7 nitrogen and oxygen atoms in total. The lowest BCUT2D eigenvalue weighted by Crippen LogP contribution is -2.39. The van der Waals surface area contributed by atoms with Gasteiger partial charge in [0.25, 0.3) is 5.91 Å². The van der Waals surface area contributed by atoms with Crippen molar-refractivity contribution >= 4 is 5.84 Å². The van der Waals surface area contributed by atoms with Crippen LogP contribution in [0.5, 0.6) is 11.5 Å². The van der Waals surface area contributed by atoms with Crippen molar-refractivity contribution in [3.05, 3.63) is 60.2 Å². The van der Waals surface area contributed by atoms with E-state index in [0.717, 1.165) is 5.56 Å². The Morgan fingerprint density at radius 2 is 1.86 bits per heavy atom. The third kappa shape index (κ3) is 2.04. The maximum atomic E-state index is 10.2. The zero-order valence-electron chi connectivity index (χ0n) is 15.7. The summed E-state index contributed by atoms with van der Waals surface area (Å²) in [5, 5.41) is 20.3. The van der Waals surface area contributed by atoms with E-state index in [1.165, 1.54) is 0 Å². The SMILES string of the molecule is C[C@@H]1CO[C@@]2(N=C(N)[C@@]3(C#N)[C@@H](c4cccc(Oc5ccccc5)c4)[C@@]23C#N)O1. The molecule has 2 heterocycles. The molecule has 29 heavy (non-hydrogen) atoms. The molecule has 1 spiro atoms. The number of nitriles is 2. The molecule has 1 saturated carbocycles. The second-order valence-corrected chi connectivity index (χ2v) is 7.58. The van der Waals surface area contributed by atoms with Crippen LogP contribution < -0.4 is 10.5 Å². The average molecular weight is 386 g/mol. The molecule has 1 aliphatic carbocycles. The average Bonchev–Trinajstić information content (AvgIpc) is 3.13. The lowest BCUT2D eigenvalue weighted by atomic mass is 9.94. The van der Waals surface area contributed by atoms with Crippen LogP contribution in [0, 0.1) is 33.5 Å². The standard InChI is InChI=1S/C22H18N4O3/c1-14-11-27-22(29-14)21(13-24)18(20(21,12-23)19(25)26-22)15-6-5-9-17(10-15)28-16-7-3-2-4-8-16/h2-10,14,18H,11H2,1H3,(H2,25,26)/t14-,18-,20-,21-,22-/m1/s1. The second-order valence-electron chi connectivity index (χ2n) is 7.58. The Labute approximate surface area is 167 Å². The molecule has 2 aliphatic heterocycles. The molecule has 1 saturated heterocycles. The van der Waals surface area contributed by atoms with Gasteiger partial charge in [-0.15, -0.1) is 0 Å². The van der Waals surface area contributed by atoms with Crippen molar-refractivity contribution in [3.63, 3.8) is 0 Å². The number of benzene rings is 2. The van der Waals surface area contributed by atoms with Crippen LogP contribution in [0.1, 0.15) is 18.4 Å². The summed E-state index contributed by atoms with van der Waals surface area (Å²) in [4.78, 5) is 4.33. The third-order valence-electron chi connectivity index (χ3n) is 5.97. The van der Waals surface area contributed by atoms with Crippen molar-refractivity contribution in [2.24, 2.45) is 21.6 Å². The van der Waals surface area contributed by atoms with Crippen LogP contribution >= 0.6 is 0 Å². The van der Waals surface area contributed by atoms with E-state index in [2.05, 4.69) is 17.1 Å². The molecule has 0 unspecified atom stereocenters. The lowest BCUT2D eigenvalue weighted by Gasteiger charge is -2.26. The molecule has 2 fully saturated rings. The van der Waals surface area contributed by atoms with Crippen molar-refractivity contribution < 1.29 is 14.2 Å². The van der Waals surface area contributed by atoms with Gasteiger partial charge in [0.1, 0.15) is 22.7 Å². The van der Waals surface area contributed by atoms with E-state index >= 15 is 0 Å². The van der Waals surface area contributed by atoms with Gasteiger partial charge < -0.3 is 19.9 Å². The van der Waals surface area contributed by atoms with Crippen LogP contribution in [-0.2, 0) is 9.47 Å². The highest BCUT2D eigenvalue weighted by Crippen LogP contribution is 2.82. The van der Waals surface area contributed by atoms with Gasteiger partial charge in [0.2, 0.25) is 0 Å². The molecule has 3 aliphatic rings. The third-order valence-corrected chi connectivity index (χ3v) is 5.97. The molecule has 7 heteroatoms. The fourth-order valence-corrected chi connectivity index (χ4v) is 4.74. The topological polar surface area (TPSA) is 114 Å². The summed E-state index contributed by atoms with van der Waals surface area (Å²) in [5.74, 6) is -0.713. The monoisotopic (exact) mass is 386 g/mol. The van der Waals surface area contributed by atoms with E-state index in [9.17, 15) is 10.5 Å². The van der Waals surface area contributed by atoms with Gasteiger partial charge in [-0.2, -0.15) is 10.5 Å². The molecule has 5 rings (SSSR count). The fraction of sp³-hybridized carbons (Fsp3) is 0.318. The minimum Gasteiger partial charge on any atom is -0.457 e. The number of fused-ring (bicyclic) bond motifs is 2. The van der Waals surface area contributed by atoms with Gasteiger partial charge in [-0.25, -0.2) is 4.99 Å². The van der Waals surface area contributed by atoms with Crippen molar-refractivity contribution in [1.29, 1.82) is 10.5 Å². The molecule has 144 valence electrons. The Kier molecular flexibility index (Phi) is 3.54. The van der Waals surface area contributed by atoms with E-state index in [1.54, 1.807) is 0 Å². The first kappa shape index (κ1) is 17.7. The summed E-state index contributed by atoms with van der Waals surface area (Å²) in [6.45, 7) is 2.12. The Morgan fingerprint density at radius 1 is 1.10 bits per heavy atom. The van der Waals surface area contributed by atoms with Gasteiger partial charge in [0, 0.05) is 5.92 Å². The van der Waals surface area contributed by atoms with E-state index in [-0.39, 0.29) is 18.5 Å². The van der Waals surface area contributed by atoms with Gasteiger partial charge in [0.05, 0.1) is 24.8 Å². The van der Waals surface area contributed by atoms with Gasteiger partial charge in [0.15, 0.2) is 5.41 Å². The molecule has 0 aromatic heterocycles. The molecular formula is C22H18N4O3. The van der Waals surface area contributed by atoms with Gasteiger partial charge in [-0.1, -0.05) is 30.3 Å². The molecule has 0 bridgehead atoms. The Balaban J connectivity index is 1.57. The van der Waals surface area contributed by atoms with Crippen molar-refractivity contribution in [2.45, 2.75) is 24.9 Å². The van der Waals surface area contributed by atoms with E-state index < -0.39 is 22.7 Å². The van der Waals surface area contributed by atoms with Crippen molar-refractivity contribution in [1.82, 2.24) is 0 Å². The second kappa shape index (κ2) is 5.81. The number of nitrogens with zero attached hydrogens (tertiary/aromatic N) is 3. The predicted molar refractivity (Wildman–Crippen MR) is 103 cm³/mol. The van der Waals surface area contributed by atoms with Crippen LogP contribution in [0.4, 0.5) is 0 Å². The smallest absolute Gasteiger partial charge is 0.293 e. The first-order chi connectivity index (χ1) is 14.0. The van der Waals surface area contributed by atoms with E-state index in [0.29, 0.717) is 11.5 Å². The number of aliphatic imine (C=N–C) groups is 1. The Morgan fingerprint density at radius 3 is 2.52 bits per heavy atom. The first-order valence-electron chi connectivity index (χ1n) is 9.36. The molecule has 2 N–H and O–H groups in total. The van der Waals surface area contributed by atoms with Gasteiger partial charge in [-0.3, -0.25) is 0 Å². The molecule has 0 radical (unpaired) electrons. The minimum absolute atomic E-state index is 0.0787.